The second kappa shape index (κ2) is 4.78. The lowest BCUT2D eigenvalue weighted by Gasteiger charge is -2.13. The van der Waals surface area contributed by atoms with Crippen molar-refractivity contribution in [2.75, 3.05) is 19.8 Å². The van der Waals surface area contributed by atoms with Crippen LogP contribution in [-0.4, -0.2) is 31.4 Å². The molecule has 1 radical (unpaired) electrons. The van der Waals surface area contributed by atoms with Crippen LogP contribution in [0.15, 0.2) is 4.99 Å². The summed E-state index contributed by atoms with van der Waals surface area (Å²) in [5, 5.41) is 0. The first kappa shape index (κ1) is 7.63. The molecule has 0 bridgehead atoms. The molecule has 0 spiro atoms. The van der Waals surface area contributed by atoms with Crippen molar-refractivity contribution in [3.8, 4) is 0 Å². The van der Waals surface area contributed by atoms with Crippen LogP contribution in [0.4, 0.5) is 0 Å². The quantitative estimate of drug-likeness (QED) is 0.494. The second-order valence-corrected chi connectivity index (χ2v) is 1.63. The van der Waals surface area contributed by atoms with Crippen molar-refractivity contribution in [2.45, 2.75) is 13.8 Å². The standard InChI is InChI=1S/C6H13N2/c1-4-8(5-2)6-7-3/h3H,4-6H2,1-2H3. The Morgan fingerprint density at radius 2 is 1.88 bits per heavy atom. The van der Waals surface area contributed by atoms with Crippen molar-refractivity contribution in [3.05, 3.63) is 0 Å². The summed E-state index contributed by atoms with van der Waals surface area (Å²) in [7, 11) is 0. The molecule has 0 aliphatic carbocycles. The Bertz CT molecular complexity index is 57.5. The molecule has 0 aromatic carbocycles. The van der Waals surface area contributed by atoms with Gasteiger partial charge in [-0.2, -0.15) is 0 Å². The van der Waals surface area contributed by atoms with E-state index >= 15 is 0 Å². The van der Waals surface area contributed by atoms with E-state index in [1.165, 1.54) is 0 Å². The van der Waals surface area contributed by atoms with Crippen molar-refractivity contribution in [1.29, 1.82) is 0 Å². The molecule has 0 N–H and O–H groups in total. The Hall–Kier alpha value is -0.370. The van der Waals surface area contributed by atoms with Crippen molar-refractivity contribution in [2.24, 2.45) is 4.99 Å². The van der Waals surface area contributed by atoms with Crippen LogP contribution in [0, 0.1) is 0 Å². The van der Waals surface area contributed by atoms with Crippen LogP contribution in [0.25, 0.3) is 0 Å². The summed E-state index contributed by atoms with van der Waals surface area (Å²) in [5.74, 6) is 0. The molecular formula is C6H13N2. The normalized spacial score (nSPS) is 9.88. The number of hydrogen-bond acceptors (Lipinski definition) is 2. The highest BCUT2D eigenvalue weighted by atomic mass is 15.2. The summed E-state index contributed by atoms with van der Waals surface area (Å²) in [6.07, 6.45) is 0. The fourth-order valence-corrected chi connectivity index (χ4v) is 0.539. The topological polar surface area (TPSA) is 15.6 Å². The van der Waals surface area contributed by atoms with Gasteiger partial charge in [-0.05, 0) is 13.1 Å². The van der Waals surface area contributed by atoms with Crippen molar-refractivity contribution >= 4 is 6.72 Å². The van der Waals surface area contributed by atoms with E-state index in [0.29, 0.717) is 6.67 Å². The first-order valence-corrected chi connectivity index (χ1v) is 2.94. The highest BCUT2D eigenvalue weighted by molar-refractivity contribution is 5.22. The third-order valence-electron chi connectivity index (χ3n) is 1.18. The molecule has 0 fully saturated rings. The number of nitrogens with zero attached hydrogens (tertiary/aromatic N) is 2. The Labute approximate surface area is 51.2 Å². The van der Waals surface area contributed by atoms with Crippen LogP contribution in [0.3, 0.4) is 0 Å². The summed E-state index contributed by atoms with van der Waals surface area (Å²) in [6.45, 7) is 11.9. The molecule has 0 aliphatic rings. The Morgan fingerprint density at radius 1 is 1.38 bits per heavy atom. The third kappa shape index (κ3) is 2.75. The van der Waals surface area contributed by atoms with Crippen LogP contribution in [0.2, 0.25) is 0 Å². The predicted molar refractivity (Wildman–Crippen MR) is 36.3 cm³/mol. The maximum Gasteiger partial charge on any atom is 0.0909 e. The van der Waals surface area contributed by atoms with E-state index < -0.39 is 0 Å². The highest BCUT2D eigenvalue weighted by Crippen LogP contribution is 1.83. The molecule has 0 saturated heterocycles. The molecule has 0 amide bonds. The molecule has 0 heterocycles. The smallest absolute Gasteiger partial charge is 0.0909 e. The second-order valence-electron chi connectivity index (χ2n) is 1.63. The van der Waals surface area contributed by atoms with E-state index in [1.807, 2.05) is 0 Å². The summed E-state index contributed by atoms with van der Waals surface area (Å²) in [6, 6.07) is 0. The lowest BCUT2D eigenvalue weighted by Crippen LogP contribution is -2.22. The molecular weight excluding hydrogens is 100 g/mol. The first-order valence-electron chi connectivity index (χ1n) is 2.94. The van der Waals surface area contributed by atoms with Gasteiger partial charge in [0.15, 0.2) is 0 Å². The lowest BCUT2D eigenvalue weighted by molar-refractivity contribution is 0.315. The molecule has 0 aliphatic heterocycles. The summed E-state index contributed by atoms with van der Waals surface area (Å²) >= 11 is 0. The van der Waals surface area contributed by atoms with Gasteiger partial charge in [0.2, 0.25) is 0 Å². The van der Waals surface area contributed by atoms with Crippen LogP contribution in [0.5, 0.6) is 0 Å². The average molecular weight is 113 g/mol. The van der Waals surface area contributed by atoms with Gasteiger partial charge in [-0.15, -0.1) is 0 Å². The summed E-state index contributed by atoms with van der Waals surface area (Å²) in [4.78, 5) is 5.64. The Balaban J connectivity index is 3.20. The molecule has 2 nitrogen and oxygen atoms in total. The van der Waals surface area contributed by atoms with E-state index in [1.54, 1.807) is 0 Å². The summed E-state index contributed by atoms with van der Waals surface area (Å²) in [5.41, 5.74) is 0. The Kier molecular flexibility index (Phi) is 4.56. The van der Waals surface area contributed by atoms with E-state index in [2.05, 4.69) is 23.7 Å². The van der Waals surface area contributed by atoms with Gasteiger partial charge in [-0.25, -0.2) is 0 Å². The third-order valence-corrected chi connectivity index (χ3v) is 1.18. The zero-order chi connectivity index (χ0) is 6.41. The van der Waals surface area contributed by atoms with Gasteiger partial charge in [0, 0.05) is 6.72 Å². The monoisotopic (exact) mass is 113 g/mol. The SMILES string of the molecule is [CH]=NCN(CC)CC. The maximum absolute atomic E-state index is 4.96. The lowest BCUT2D eigenvalue weighted by atomic mass is 10.6. The van der Waals surface area contributed by atoms with Gasteiger partial charge in [-0.3, -0.25) is 9.89 Å². The fraction of sp³-hybridized carbons (Fsp3) is 0.833. The van der Waals surface area contributed by atoms with Gasteiger partial charge in [0.05, 0.1) is 6.67 Å². The van der Waals surface area contributed by atoms with E-state index in [9.17, 15) is 0 Å². The highest BCUT2D eigenvalue weighted by Gasteiger charge is 1.91. The predicted octanol–water partition coefficient (Wildman–Crippen LogP) is 0.863. The zero-order valence-corrected chi connectivity index (χ0v) is 5.59. The molecule has 0 atom stereocenters. The van der Waals surface area contributed by atoms with Crippen LogP contribution in [-0.2, 0) is 0 Å². The minimum atomic E-state index is 0.660. The molecule has 0 aromatic heterocycles. The minimum absolute atomic E-state index is 0.660. The van der Waals surface area contributed by atoms with Crippen molar-refractivity contribution < 1.29 is 0 Å². The van der Waals surface area contributed by atoms with Gasteiger partial charge in [-0.1, -0.05) is 13.8 Å². The van der Waals surface area contributed by atoms with Gasteiger partial charge < -0.3 is 0 Å². The van der Waals surface area contributed by atoms with Crippen molar-refractivity contribution in [1.82, 2.24) is 4.90 Å². The number of hydrogen-bond donors (Lipinski definition) is 0. The number of aliphatic imine (C=N–C) groups is 1. The number of rotatable bonds is 4. The zero-order valence-electron chi connectivity index (χ0n) is 5.59. The van der Waals surface area contributed by atoms with E-state index in [0.717, 1.165) is 13.1 Å². The average Bonchev–Trinajstić information content (AvgIpc) is 1.83. The van der Waals surface area contributed by atoms with Gasteiger partial charge in [0.25, 0.3) is 0 Å². The van der Waals surface area contributed by atoms with Crippen molar-refractivity contribution in [3.63, 3.8) is 0 Å². The Morgan fingerprint density at radius 3 is 2.00 bits per heavy atom. The van der Waals surface area contributed by atoms with Crippen LogP contribution in [0.1, 0.15) is 13.8 Å². The van der Waals surface area contributed by atoms with E-state index in [-0.39, 0.29) is 0 Å². The fourth-order valence-electron chi connectivity index (χ4n) is 0.539. The molecule has 0 unspecified atom stereocenters. The molecule has 0 saturated carbocycles. The van der Waals surface area contributed by atoms with Gasteiger partial charge >= 0.3 is 0 Å². The van der Waals surface area contributed by atoms with Crippen LogP contribution >= 0.6 is 0 Å². The minimum Gasteiger partial charge on any atom is -0.285 e. The maximum atomic E-state index is 4.96. The molecule has 8 heavy (non-hydrogen) atoms. The molecule has 0 aromatic rings. The molecule has 47 valence electrons. The largest absolute Gasteiger partial charge is 0.285 e. The van der Waals surface area contributed by atoms with E-state index in [4.69, 9.17) is 6.72 Å². The van der Waals surface area contributed by atoms with Crippen LogP contribution < -0.4 is 0 Å². The molecule has 0 rings (SSSR count). The summed E-state index contributed by atoms with van der Waals surface area (Å²) < 4.78 is 0. The first-order chi connectivity index (χ1) is 3.85. The van der Waals surface area contributed by atoms with Gasteiger partial charge in [0.1, 0.15) is 0 Å². The molecule has 2 heteroatoms.